The lowest BCUT2D eigenvalue weighted by molar-refractivity contribution is 0.183. The number of hydrogen-bond acceptors (Lipinski definition) is 6. The van der Waals surface area contributed by atoms with Gasteiger partial charge in [-0.05, 0) is 105 Å². The van der Waals surface area contributed by atoms with E-state index in [9.17, 15) is 8.42 Å². The summed E-state index contributed by atoms with van der Waals surface area (Å²) in [5.41, 5.74) is 3.65. The molecule has 3 heterocycles. The van der Waals surface area contributed by atoms with Crippen molar-refractivity contribution in [3.8, 4) is 11.8 Å². The van der Waals surface area contributed by atoms with Crippen LogP contribution in [0, 0.1) is 23.2 Å². The third-order valence-electron chi connectivity index (χ3n) is 8.77. The van der Waals surface area contributed by atoms with Gasteiger partial charge in [0.25, 0.3) is 0 Å². The molecule has 0 saturated heterocycles. The van der Waals surface area contributed by atoms with E-state index in [-0.39, 0.29) is 11.2 Å². The summed E-state index contributed by atoms with van der Waals surface area (Å²) in [6.45, 7) is 0.595. The van der Waals surface area contributed by atoms with Crippen LogP contribution in [0.1, 0.15) is 68.4 Å². The Balaban J connectivity index is 1.06. The van der Waals surface area contributed by atoms with Crippen molar-refractivity contribution in [3.63, 3.8) is 0 Å². The molecule has 2 atom stereocenters. The van der Waals surface area contributed by atoms with Gasteiger partial charge in [0.1, 0.15) is 5.75 Å². The third-order valence-corrected chi connectivity index (χ3v) is 11.2. The first-order valence-electron chi connectivity index (χ1n) is 14.1. The van der Waals surface area contributed by atoms with Crippen molar-refractivity contribution in [3.05, 3.63) is 66.1 Å². The van der Waals surface area contributed by atoms with Crippen LogP contribution in [0.5, 0.6) is 5.75 Å². The fourth-order valence-electron chi connectivity index (χ4n) is 6.77. The molecule has 2 fully saturated rings. The highest BCUT2D eigenvalue weighted by Crippen LogP contribution is 2.40. The van der Waals surface area contributed by atoms with Gasteiger partial charge in [-0.15, -0.1) is 0 Å². The molecule has 202 valence electrons. The number of ether oxygens (including phenoxy) is 1. The molecule has 0 amide bonds. The number of aromatic amines is 1. The highest BCUT2D eigenvalue weighted by Gasteiger charge is 2.35. The normalized spacial score (nSPS) is 24.0. The first kappa shape index (κ1) is 25.8. The molecule has 6 rings (SSSR count). The first-order valence-corrected chi connectivity index (χ1v) is 15.8. The summed E-state index contributed by atoms with van der Waals surface area (Å²) in [6.07, 6.45) is 12.8. The number of nitrogens with zero attached hydrogens (tertiary/aromatic N) is 3. The molecule has 2 unspecified atom stereocenters. The molecule has 8 heteroatoms. The molecule has 39 heavy (non-hydrogen) atoms. The number of nitriles is 1. The summed E-state index contributed by atoms with van der Waals surface area (Å²) < 4.78 is 33.0. The van der Waals surface area contributed by atoms with Crippen LogP contribution in [-0.4, -0.2) is 41.0 Å². The number of H-pyrrole nitrogens is 1. The molecule has 1 N–H and O–H groups in total. The van der Waals surface area contributed by atoms with Crippen LogP contribution in [0.4, 0.5) is 0 Å². The van der Waals surface area contributed by atoms with Crippen LogP contribution in [0.2, 0.25) is 0 Å². The Labute approximate surface area is 229 Å². The molecule has 4 aromatic rings. The maximum absolute atomic E-state index is 13.5. The van der Waals surface area contributed by atoms with E-state index in [1.165, 1.54) is 10.9 Å². The Morgan fingerprint density at radius 2 is 1.77 bits per heavy atom. The number of fused-ring (bicyclic) bond motifs is 3. The quantitative estimate of drug-likeness (QED) is 0.293. The molecule has 2 aliphatic carbocycles. The zero-order chi connectivity index (χ0) is 26.8. The van der Waals surface area contributed by atoms with Crippen molar-refractivity contribution in [1.82, 2.24) is 15.0 Å². The lowest BCUT2D eigenvalue weighted by Gasteiger charge is -2.32. The Hall–Kier alpha value is -3.44. The Kier molecular flexibility index (Phi) is 7.26. The molecule has 0 aliphatic heterocycles. The second-order valence-electron chi connectivity index (χ2n) is 11.3. The number of hydrogen-bond donors (Lipinski definition) is 1. The molecule has 7 nitrogen and oxygen atoms in total. The van der Waals surface area contributed by atoms with Gasteiger partial charge in [-0.3, -0.25) is 0 Å². The van der Waals surface area contributed by atoms with Crippen LogP contribution in [0.15, 0.2) is 55.0 Å². The van der Waals surface area contributed by atoms with Crippen LogP contribution >= 0.6 is 0 Å². The molecule has 0 spiro atoms. The van der Waals surface area contributed by atoms with Gasteiger partial charge in [-0.25, -0.2) is 18.4 Å². The second kappa shape index (κ2) is 11.0. The molecule has 3 aromatic heterocycles. The third kappa shape index (κ3) is 5.51. The minimum Gasteiger partial charge on any atom is -0.493 e. The van der Waals surface area contributed by atoms with Crippen molar-refractivity contribution in [2.45, 2.75) is 62.5 Å². The molecular weight excluding hydrogens is 508 g/mol. The average molecular weight is 543 g/mol. The maximum atomic E-state index is 13.5. The number of nitrogens with one attached hydrogen (secondary N) is 1. The van der Waals surface area contributed by atoms with E-state index in [0.29, 0.717) is 29.8 Å². The van der Waals surface area contributed by atoms with Gasteiger partial charge in [-0.2, -0.15) is 5.26 Å². The van der Waals surface area contributed by atoms with Gasteiger partial charge < -0.3 is 9.72 Å². The maximum Gasteiger partial charge on any atom is 0.159 e. The van der Waals surface area contributed by atoms with Crippen molar-refractivity contribution in [2.75, 3.05) is 12.4 Å². The summed E-state index contributed by atoms with van der Waals surface area (Å²) >= 11 is 0. The topological polar surface area (TPSA) is 109 Å². The van der Waals surface area contributed by atoms with Gasteiger partial charge in [0.05, 0.1) is 41.0 Å². The largest absolute Gasteiger partial charge is 0.493 e. The zero-order valence-corrected chi connectivity index (χ0v) is 22.9. The molecule has 0 bridgehead atoms. The van der Waals surface area contributed by atoms with Crippen LogP contribution < -0.4 is 4.74 Å². The fraction of sp³-hybridized carbons (Fsp3) is 0.452. The molecule has 1 aromatic carbocycles. The summed E-state index contributed by atoms with van der Waals surface area (Å²) in [4.78, 5) is 12.1. The summed E-state index contributed by atoms with van der Waals surface area (Å²) in [5.74, 6) is 1.97. The van der Waals surface area contributed by atoms with E-state index >= 15 is 0 Å². The van der Waals surface area contributed by atoms with E-state index in [1.54, 1.807) is 18.3 Å². The van der Waals surface area contributed by atoms with E-state index in [4.69, 9.17) is 10.00 Å². The Morgan fingerprint density at radius 3 is 2.56 bits per heavy atom. The Morgan fingerprint density at radius 1 is 0.974 bits per heavy atom. The summed E-state index contributed by atoms with van der Waals surface area (Å²) in [5, 5.41) is 10.9. The zero-order valence-electron chi connectivity index (χ0n) is 22.1. The van der Waals surface area contributed by atoms with E-state index in [2.05, 4.69) is 27.1 Å². The minimum atomic E-state index is -3.15. The van der Waals surface area contributed by atoms with Gasteiger partial charge in [0.2, 0.25) is 0 Å². The SMILES string of the molecule is N#Cc1ccc(OCC2CCCC(CS(=O)(=O)C3CCC(c4cc[nH]c5cnc6nccc6c45)CC3)C2)cc1. The fourth-order valence-corrected chi connectivity index (χ4v) is 8.99. The van der Waals surface area contributed by atoms with Crippen molar-refractivity contribution < 1.29 is 13.2 Å². The highest BCUT2D eigenvalue weighted by molar-refractivity contribution is 7.92. The van der Waals surface area contributed by atoms with Crippen LogP contribution in [0.25, 0.3) is 21.9 Å². The molecule has 2 aliphatic rings. The number of rotatable bonds is 7. The standard InChI is InChI=1S/C31H34N4O3S/c32-17-21-4-8-25(9-5-21)38-19-22-2-1-3-23(16-22)20-39(36,37)26-10-6-24(7-11-26)27-12-14-33-29-18-35-31-28(30(27)29)13-15-34-31/h4-5,8-9,12-15,18,22-24,26,33H,1-3,6-7,10-11,16,19-20H2. The lowest BCUT2D eigenvalue weighted by Crippen LogP contribution is -2.33. The smallest absolute Gasteiger partial charge is 0.159 e. The van der Waals surface area contributed by atoms with Crippen LogP contribution in [0.3, 0.4) is 0 Å². The van der Waals surface area contributed by atoms with E-state index < -0.39 is 9.84 Å². The lowest BCUT2D eigenvalue weighted by atomic mass is 9.82. The van der Waals surface area contributed by atoms with E-state index in [0.717, 1.165) is 73.7 Å². The molecular formula is C31H34N4O3S. The average Bonchev–Trinajstić information content (AvgIpc) is 3.46. The molecule has 2 saturated carbocycles. The molecule has 0 radical (unpaired) electrons. The van der Waals surface area contributed by atoms with Crippen molar-refractivity contribution in [2.24, 2.45) is 11.8 Å². The van der Waals surface area contributed by atoms with Gasteiger partial charge >= 0.3 is 0 Å². The minimum absolute atomic E-state index is 0.204. The first-order chi connectivity index (χ1) is 19.0. The van der Waals surface area contributed by atoms with Crippen molar-refractivity contribution >= 4 is 31.8 Å². The van der Waals surface area contributed by atoms with Crippen LogP contribution in [-0.2, 0) is 9.84 Å². The predicted octanol–water partition coefficient (Wildman–Crippen LogP) is 6.31. The van der Waals surface area contributed by atoms with Gasteiger partial charge in [0, 0.05) is 23.2 Å². The number of benzene rings is 1. The predicted molar refractivity (Wildman–Crippen MR) is 152 cm³/mol. The second-order valence-corrected chi connectivity index (χ2v) is 13.6. The van der Waals surface area contributed by atoms with E-state index in [1.807, 2.05) is 30.6 Å². The van der Waals surface area contributed by atoms with Gasteiger partial charge in [0.15, 0.2) is 15.5 Å². The summed E-state index contributed by atoms with van der Waals surface area (Å²) in [7, 11) is -3.15. The number of sulfone groups is 1. The number of pyridine rings is 2. The van der Waals surface area contributed by atoms with Gasteiger partial charge in [-0.1, -0.05) is 6.42 Å². The highest BCUT2D eigenvalue weighted by atomic mass is 32.2. The summed E-state index contributed by atoms with van der Waals surface area (Å²) in [6, 6.07) is 13.5. The monoisotopic (exact) mass is 542 g/mol. The number of aromatic nitrogens is 3. The van der Waals surface area contributed by atoms with Crippen molar-refractivity contribution in [1.29, 1.82) is 5.26 Å². The Bertz CT molecular complexity index is 1600.